The standard InChI is InChI=1S/C11H19BN2O2/c1-9(2)14-10(5-6-13-14)12-15-7-11(3,4)8-16-12/h5-6,9H,7-8H2,1-4H3. The number of hydrogen-bond acceptors (Lipinski definition) is 3. The maximum Gasteiger partial charge on any atom is 0.513 e. The lowest BCUT2D eigenvalue weighted by atomic mass is 9.80. The number of hydrogen-bond donors (Lipinski definition) is 0. The van der Waals surface area contributed by atoms with Gasteiger partial charge in [0.15, 0.2) is 0 Å². The molecular formula is C11H19BN2O2. The van der Waals surface area contributed by atoms with E-state index in [4.69, 9.17) is 9.31 Å². The van der Waals surface area contributed by atoms with Crippen LogP contribution in [0.25, 0.3) is 0 Å². The van der Waals surface area contributed by atoms with Gasteiger partial charge in [0.25, 0.3) is 0 Å². The molecule has 2 heterocycles. The summed E-state index contributed by atoms with van der Waals surface area (Å²) in [6, 6.07) is 2.29. The Balaban J connectivity index is 2.11. The first-order valence-electron chi connectivity index (χ1n) is 5.76. The van der Waals surface area contributed by atoms with Gasteiger partial charge in [-0.3, -0.25) is 4.68 Å². The van der Waals surface area contributed by atoms with E-state index in [0.29, 0.717) is 6.04 Å². The lowest BCUT2D eigenvalue weighted by molar-refractivity contribution is 0.0335. The first-order chi connectivity index (χ1) is 7.49. The van der Waals surface area contributed by atoms with E-state index in [0.717, 1.165) is 18.8 Å². The third-order valence-electron chi connectivity index (χ3n) is 2.68. The van der Waals surface area contributed by atoms with Crippen LogP contribution in [0.4, 0.5) is 0 Å². The predicted molar refractivity (Wildman–Crippen MR) is 63.7 cm³/mol. The molecule has 0 saturated carbocycles. The van der Waals surface area contributed by atoms with Gasteiger partial charge in [-0.1, -0.05) is 13.8 Å². The third-order valence-corrected chi connectivity index (χ3v) is 2.68. The maximum atomic E-state index is 5.75. The fourth-order valence-electron chi connectivity index (χ4n) is 1.81. The van der Waals surface area contributed by atoms with Crippen molar-refractivity contribution >= 4 is 12.7 Å². The molecule has 1 aromatic rings. The smallest absolute Gasteiger partial charge is 0.406 e. The monoisotopic (exact) mass is 222 g/mol. The molecule has 0 unspecified atom stereocenters. The van der Waals surface area contributed by atoms with Crippen molar-refractivity contribution < 1.29 is 9.31 Å². The Morgan fingerprint density at radius 2 is 2.00 bits per heavy atom. The summed E-state index contributed by atoms with van der Waals surface area (Å²) < 4.78 is 13.4. The summed E-state index contributed by atoms with van der Waals surface area (Å²) in [5, 5.41) is 4.28. The van der Waals surface area contributed by atoms with Crippen LogP contribution in [-0.4, -0.2) is 30.1 Å². The van der Waals surface area contributed by atoms with E-state index in [1.165, 1.54) is 0 Å². The molecule has 2 rings (SSSR count). The largest absolute Gasteiger partial charge is 0.513 e. The van der Waals surface area contributed by atoms with E-state index in [-0.39, 0.29) is 12.5 Å². The molecule has 0 radical (unpaired) electrons. The Kier molecular flexibility index (Phi) is 3.08. The molecule has 0 spiro atoms. The van der Waals surface area contributed by atoms with Crippen molar-refractivity contribution in [3.8, 4) is 0 Å². The zero-order valence-corrected chi connectivity index (χ0v) is 10.4. The normalized spacial score (nSPS) is 20.4. The van der Waals surface area contributed by atoms with Gasteiger partial charge < -0.3 is 9.31 Å². The SMILES string of the molecule is CC(C)n1nccc1B1OCC(C)(C)CO1. The molecule has 0 bridgehead atoms. The lowest BCUT2D eigenvalue weighted by Gasteiger charge is -2.33. The Morgan fingerprint density at radius 1 is 1.38 bits per heavy atom. The average Bonchev–Trinajstić information content (AvgIpc) is 2.66. The minimum absolute atomic E-state index is 0.110. The fraction of sp³-hybridized carbons (Fsp3) is 0.727. The molecule has 1 aromatic heterocycles. The van der Waals surface area contributed by atoms with Gasteiger partial charge in [0.1, 0.15) is 0 Å². The number of rotatable bonds is 2. The first-order valence-corrected chi connectivity index (χ1v) is 5.76. The molecule has 0 N–H and O–H groups in total. The Hall–Kier alpha value is -0.805. The van der Waals surface area contributed by atoms with Crippen molar-refractivity contribution in [2.24, 2.45) is 5.41 Å². The number of aromatic nitrogens is 2. The van der Waals surface area contributed by atoms with Crippen LogP contribution >= 0.6 is 0 Å². The molecule has 1 fully saturated rings. The molecule has 0 atom stereocenters. The van der Waals surface area contributed by atoms with Crippen molar-refractivity contribution in [1.29, 1.82) is 0 Å². The van der Waals surface area contributed by atoms with E-state index < -0.39 is 0 Å². The molecule has 16 heavy (non-hydrogen) atoms. The highest BCUT2D eigenvalue weighted by molar-refractivity contribution is 6.60. The fourth-order valence-corrected chi connectivity index (χ4v) is 1.81. The second-order valence-electron chi connectivity index (χ2n) is 5.41. The molecule has 0 aromatic carbocycles. The molecular weight excluding hydrogens is 203 g/mol. The molecule has 0 aliphatic carbocycles. The summed E-state index contributed by atoms with van der Waals surface area (Å²) in [6.45, 7) is 9.93. The van der Waals surface area contributed by atoms with Crippen LogP contribution in [0.5, 0.6) is 0 Å². The van der Waals surface area contributed by atoms with Crippen LogP contribution in [0.2, 0.25) is 0 Å². The minimum atomic E-state index is -0.266. The quantitative estimate of drug-likeness (QED) is 0.706. The topological polar surface area (TPSA) is 36.3 Å². The van der Waals surface area contributed by atoms with Gasteiger partial charge in [0.05, 0.1) is 5.59 Å². The Bertz CT molecular complexity index is 353. The highest BCUT2D eigenvalue weighted by atomic mass is 16.6. The van der Waals surface area contributed by atoms with E-state index >= 15 is 0 Å². The predicted octanol–water partition coefficient (Wildman–Crippen LogP) is 1.23. The van der Waals surface area contributed by atoms with Gasteiger partial charge in [0.2, 0.25) is 0 Å². The summed E-state index contributed by atoms with van der Waals surface area (Å²) in [5.74, 6) is 0. The number of nitrogens with zero attached hydrogens (tertiary/aromatic N) is 2. The van der Waals surface area contributed by atoms with Gasteiger partial charge in [-0.25, -0.2) is 0 Å². The van der Waals surface area contributed by atoms with Crippen molar-refractivity contribution in [2.75, 3.05) is 13.2 Å². The molecule has 4 nitrogen and oxygen atoms in total. The van der Waals surface area contributed by atoms with Crippen LogP contribution in [0.3, 0.4) is 0 Å². The van der Waals surface area contributed by atoms with Gasteiger partial charge in [-0.05, 0) is 19.9 Å². The van der Waals surface area contributed by atoms with Gasteiger partial charge in [0, 0.05) is 30.9 Å². The molecule has 88 valence electrons. The highest BCUT2D eigenvalue weighted by Gasteiger charge is 2.35. The Morgan fingerprint density at radius 3 is 2.56 bits per heavy atom. The van der Waals surface area contributed by atoms with Crippen LogP contribution in [0.15, 0.2) is 12.3 Å². The average molecular weight is 222 g/mol. The summed E-state index contributed by atoms with van der Waals surface area (Å²) in [6.07, 6.45) is 1.79. The van der Waals surface area contributed by atoms with Gasteiger partial charge in [-0.15, -0.1) is 0 Å². The van der Waals surface area contributed by atoms with Crippen molar-refractivity contribution in [3.05, 3.63) is 12.3 Å². The van der Waals surface area contributed by atoms with E-state index in [1.807, 2.05) is 10.7 Å². The van der Waals surface area contributed by atoms with Crippen LogP contribution in [0.1, 0.15) is 33.7 Å². The summed E-state index contributed by atoms with van der Waals surface area (Å²) >= 11 is 0. The van der Waals surface area contributed by atoms with Gasteiger partial charge in [-0.2, -0.15) is 5.10 Å². The van der Waals surface area contributed by atoms with Gasteiger partial charge >= 0.3 is 7.12 Å². The summed E-state index contributed by atoms with van der Waals surface area (Å²) in [7, 11) is -0.266. The van der Waals surface area contributed by atoms with E-state index in [2.05, 4.69) is 32.8 Å². The van der Waals surface area contributed by atoms with E-state index in [9.17, 15) is 0 Å². The van der Waals surface area contributed by atoms with Crippen molar-refractivity contribution in [1.82, 2.24) is 9.78 Å². The summed E-state index contributed by atoms with van der Waals surface area (Å²) in [5.41, 5.74) is 1.12. The second-order valence-corrected chi connectivity index (χ2v) is 5.41. The zero-order chi connectivity index (χ0) is 11.8. The van der Waals surface area contributed by atoms with Crippen molar-refractivity contribution in [3.63, 3.8) is 0 Å². The molecule has 1 saturated heterocycles. The third kappa shape index (κ3) is 2.30. The van der Waals surface area contributed by atoms with Crippen LogP contribution in [0, 0.1) is 5.41 Å². The highest BCUT2D eigenvalue weighted by Crippen LogP contribution is 2.21. The van der Waals surface area contributed by atoms with Crippen molar-refractivity contribution in [2.45, 2.75) is 33.7 Å². The van der Waals surface area contributed by atoms with E-state index in [1.54, 1.807) is 6.20 Å². The summed E-state index contributed by atoms with van der Waals surface area (Å²) in [4.78, 5) is 0. The lowest BCUT2D eigenvalue weighted by Crippen LogP contribution is -2.50. The maximum absolute atomic E-state index is 5.75. The molecule has 1 aliphatic rings. The van der Waals surface area contributed by atoms with Crippen LogP contribution in [-0.2, 0) is 9.31 Å². The Labute approximate surface area is 97.1 Å². The molecule has 0 amide bonds. The van der Waals surface area contributed by atoms with Crippen LogP contribution < -0.4 is 5.59 Å². The zero-order valence-electron chi connectivity index (χ0n) is 10.4. The molecule has 1 aliphatic heterocycles. The molecule has 5 heteroatoms. The minimum Gasteiger partial charge on any atom is -0.406 e. The first kappa shape index (κ1) is 11.7. The second kappa shape index (κ2) is 4.22.